The number of hydrogen-bond donors (Lipinski definition) is 0. The topological polar surface area (TPSA) is 39.2 Å². The number of ether oxygens (including phenoxy) is 1. The van der Waals surface area contributed by atoms with Gasteiger partial charge in [0.05, 0.1) is 7.11 Å². The molecule has 0 fully saturated rings. The summed E-state index contributed by atoms with van der Waals surface area (Å²) in [6.45, 7) is 1.95. The van der Waals surface area contributed by atoms with Gasteiger partial charge < -0.3 is 4.74 Å². The molecule has 0 aliphatic rings. The van der Waals surface area contributed by atoms with Gasteiger partial charge in [0.15, 0.2) is 5.78 Å². The molecule has 3 nitrogen and oxygen atoms in total. The number of fused-ring (bicyclic) bond motifs is 1. The van der Waals surface area contributed by atoms with Gasteiger partial charge in [-0.3, -0.25) is 9.78 Å². The highest BCUT2D eigenvalue weighted by molar-refractivity contribution is 6.16. The third-order valence-electron chi connectivity index (χ3n) is 3.60. The van der Waals surface area contributed by atoms with Crippen LogP contribution in [0.2, 0.25) is 0 Å². The van der Waals surface area contributed by atoms with Gasteiger partial charge in [0.2, 0.25) is 0 Å². The average Bonchev–Trinajstić information content (AvgIpc) is 2.54. The molecule has 0 N–H and O–H groups in total. The number of aromatic nitrogens is 1. The van der Waals surface area contributed by atoms with Crippen LogP contribution in [0.3, 0.4) is 0 Å². The zero-order chi connectivity index (χ0) is 14.8. The first-order chi connectivity index (χ1) is 10.2. The molecule has 0 amide bonds. The van der Waals surface area contributed by atoms with Gasteiger partial charge in [0.25, 0.3) is 0 Å². The van der Waals surface area contributed by atoms with Crippen molar-refractivity contribution in [3.63, 3.8) is 0 Å². The molecule has 2 aromatic carbocycles. The quantitative estimate of drug-likeness (QED) is 0.684. The molecule has 3 heteroatoms. The Balaban J connectivity index is 2.13. The van der Waals surface area contributed by atoms with E-state index in [1.165, 1.54) is 0 Å². The molecule has 1 heterocycles. The highest BCUT2D eigenvalue weighted by Crippen LogP contribution is 2.24. The van der Waals surface area contributed by atoms with Gasteiger partial charge in [-0.05, 0) is 30.0 Å². The van der Waals surface area contributed by atoms with Crippen LogP contribution in [0.25, 0.3) is 10.8 Å². The zero-order valence-corrected chi connectivity index (χ0v) is 12.0. The summed E-state index contributed by atoms with van der Waals surface area (Å²) in [6, 6.07) is 13.1. The van der Waals surface area contributed by atoms with Gasteiger partial charge in [-0.15, -0.1) is 0 Å². The monoisotopic (exact) mass is 277 g/mol. The minimum Gasteiger partial charge on any atom is -0.496 e. The predicted octanol–water partition coefficient (Wildman–Crippen LogP) is 3.78. The lowest BCUT2D eigenvalue weighted by atomic mass is 9.97. The summed E-state index contributed by atoms with van der Waals surface area (Å²) in [7, 11) is 1.61. The Morgan fingerprint density at radius 3 is 2.81 bits per heavy atom. The second kappa shape index (κ2) is 5.37. The molecule has 0 atom stereocenters. The van der Waals surface area contributed by atoms with Crippen molar-refractivity contribution in [2.75, 3.05) is 7.11 Å². The number of ketones is 1. The maximum Gasteiger partial charge on any atom is 0.193 e. The Morgan fingerprint density at radius 2 is 2.00 bits per heavy atom. The van der Waals surface area contributed by atoms with Crippen LogP contribution in [0.5, 0.6) is 5.75 Å². The van der Waals surface area contributed by atoms with Crippen LogP contribution < -0.4 is 4.74 Å². The number of carbonyl (C=O) groups excluding carboxylic acids is 1. The van der Waals surface area contributed by atoms with Gasteiger partial charge in [0, 0.05) is 28.9 Å². The Labute approximate surface area is 123 Å². The summed E-state index contributed by atoms with van der Waals surface area (Å²) in [4.78, 5) is 16.9. The number of methoxy groups -OCH3 is 1. The molecule has 0 saturated heterocycles. The van der Waals surface area contributed by atoms with Crippen LogP contribution in [0.4, 0.5) is 0 Å². The van der Waals surface area contributed by atoms with E-state index in [2.05, 4.69) is 4.98 Å². The molecule has 0 radical (unpaired) electrons. The number of nitrogens with zero attached hydrogens (tertiary/aromatic N) is 1. The molecule has 21 heavy (non-hydrogen) atoms. The van der Waals surface area contributed by atoms with Crippen molar-refractivity contribution in [1.29, 1.82) is 0 Å². The predicted molar refractivity (Wildman–Crippen MR) is 82.9 cm³/mol. The van der Waals surface area contributed by atoms with E-state index in [0.717, 1.165) is 22.1 Å². The number of aryl methyl sites for hydroxylation is 1. The van der Waals surface area contributed by atoms with Crippen LogP contribution >= 0.6 is 0 Å². The number of carbonyl (C=O) groups is 1. The van der Waals surface area contributed by atoms with E-state index in [0.29, 0.717) is 11.1 Å². The number of pyridine rings is 1. The Kier molecular flexibility index (Phi) is 3.40. The minimum atomic E-state index is -0.0214. The van der Waals surface area contributed by atoms with Crippen LogP contribution in [0.15, 0.2) is 54.9 Å². The van der Waals surface area contributed by atoms with Gasteiger partial charge in [-0.25, -0.2) is 0 Å². The van der Waals surface area contributed by atoms with Crippen LogP contribution in [0, 0.1) is 6.92 Å². The molecule has 0 bridgehead atoms. The molecule has 3 rings (SSSR count). The van der Waals surface area contributed by atoms with Crippen LogP contribution in [-0.4, -0.2) is 17.9 Å². The van der Waals surface area contributed by atoms with Crippen molar-refractivity contribution in [3.8, 4) is 5.75 Å². The minimum absolute atomic E-state index is 0.0214. The van der Waals surface area contributed by atoms with Crippen LogP contribution in [0.1, 0.15) is 21.5 Å². The molecule has 0 saturated carbocycles. The smallest absolute Gasteiger partial charge is 0.193 e. The molecule has 1 aromatic heterocycles. The van der Waals surface area contributed by atoms with Crippen molar-refractivity contribution in [2.45, 2.75) is 6.92 Å². The lowest BCUT2D eigenvalue weighted by molar-refractivity contribution is 0.104. The standard InChI is InChI=1S/C18H15NO2/c1-12-6-7-14(10-17(12)21-2)18(20)15-5-3-4-13-8-9-19-11-16(13)15/h3-11H,1-2H3. The summed E-state index contributed by atoms with van der Waals surface area (Å²) < 4.78 is 5.29. The van der Waals surface area contributed by atoms with Gasteiger partial charge in [-0.2, -0.15) is 0 Å². The van der Waals surface area contributed by atoms with E-state index in [1.54, 1.807) is 25.6 Å². The Hall–Kier alpha value is -2.68. The van der Waals surface area contributed by atoms with Crippen molar-refractivity contribution in [3.05, 3.63) is 71.5 Å². The van der Waals surface area contributed by atoms with Gasteiger partial charge in [0.1, 0.15) is 5.75 Å². The molecule has 0 aliphatic carbocycles. The van der Waals surface area contributed by atoms with Crippen molar-refractivity contribution < 1.29 is 9.53 Å². The van der Waals surface area contributed by atoms with E-state index >= 15 is 0 Å². The van der Waals surface area contributed by atoms with E-state index in [-0.39, 0.29) is 5.78 Å². The summed E-state index contributed by atoms with van der Waals surface area (Å²) in [6.07, 6.45) is 3.46. The summed E-state index contributed by atoms with van der Waals surface area (Å²) >= 11 is 0. The van der Waals surface area contributed by atoms with E-state index in [4.69, 9.17) is 4.74 Å². The summed E-state index contributed by atoms with van der Waals surface area (Å²) in [5.41, 5.74) is 2.29. The fraction of sp³-hybridized carbons (Fsp3) is 0.111. The van der Waals surface area contributed by atoms with Crippen LogP contribution in [-0.2, 0) is 0 Å². The van der Waals surface area contributed by atoms with Crippen molar-refractivity contribution in [2.24, 2.45) is 0 Å². The fourth-order valence-electron chi connectivity index (χ4n) is 2.43. The van der Waals surface area contributed by atoms with Crippen molar-refractivity contribution >= 4 is 16.6 Å². The summed E-state index contributed by atoms with van der Waals surface area (Å²) in [5.74, 6) is 0.700. The Morgan fingerprint density at radius 1 is 1.14 bits per heavy atom. The lowest BCUT2D eigenvalue weighted by Crippen LogP contribution is -2.03. The first kappa shape index (κ1) is 13.3. The van der Waals surface area contributed by atoms with E-state index in [9.17, 15) is 4.79 Å². The maximum absolute atomic E-state index is 12.8. The molecule has 0 unspecified atom stereocenters. The first-order valence-corrected chi connectivity index (χ1v) is 6.73. The second-order valence-electron chi connectivity index (χ2n) is 4.92. The van der Waals surface area contributed by atoms with Crippen molar-refractivity contribution in [1.82, 2.24) is 4.98 Å². The first-order valence-electron chi connectivity index (χ1n) is 6.73. The summed E-state index contributed by atoms with van der Waals surface area (Å²) in [5, 5.41) is 1.87. The number of rotatable bonds is 3. The Bertz CT molecular complexity index is 819. The average molecular weight is 277 g/mol. The molecule has 0 aliphatic heterocycles. The fourth-order valence-corrected chi connectivity index (χ4v) is 2.43. The van der Waals surface area contributed by atoms with Gasteiger partial charge >= 0.3 is 0 Å². The highest BCUT2D eigenvalue weighted by Gasteiger charge is 2.14. The number of benzene rings is 2. The third kappa shape index (κ3) is 2.38. The lowest BCUT2D eigenvalue weighted by Gasteiger charge is -2.09. The SMILES string of the molecule is COc1cc(C(=O)c2cccc3ccncc23)ccc1C. The normalized spacial score (nSPS) is 10.6. The second-order valence-corrected chi connectivity index (χ2v) is 4.92. The molecule has 3 aromatic rings. The molecule has 0 spiro atoms. The number of hydrogen-bond acceptors (Lipinski definition) is 3. The van der Waals surface area contributed by atoms with Gasteiger partial charge in [-0.1, -0.05) is 30.3 Å². The largest absolute Gasteiger partial charge is 0.496 e. The molecular formula is C18H15NO2. The third-order valence-corrected chi connectivity index (χ3v) is 3.60. The zero-order valence-electron chi connectivity index (χ0n) is 12.0. The molecule has 104 valence electrons. The van der Waals surface area contributed by atoms with E-state index in [1.807, 2.05) is 43.3 Å². The highest BCUT2D eigenvalue weighted by atomic mass is 16.5. The maximum atomic E-state index is 12.8. The molecular weight excluding hydrogens is 262 g/mol. The van der Waals surface area contributed by atoms with E-state index < -0.39 is 0 Å².